The van der Waals surface area contributed by atoms with Gasteiger partial charge in [-0.05, 0) is 12.8 Å². The standard InChI is InChI=1S/C8H18O3.C2H4/c1-3-5-7(9)11-8(10)6-4-2;1-2/h7-10H,3-6H2,1-2H3;1-2H2. The molecule has 2 unspecified atom stereocenters. The van der Waals surface area contributed by atoms with Crippen LogP contribution in [0.1, 0.15) is 39.5 Å². The summed E-state index contributed by atoms with van der Waals surface area (Å²) in [5, 5.41) is 18.1. The minimum atomic E-state index is -0.804. The van der Waals surface area contributed by atoms with Crippen molar-refractivity contribution < 1.29 is 14.9 Å². The molecule has 80 valence electrons. The van der Waals surface area contributed by atoms with Gasteiger partial charge in [-0.25, -0.2) is 0 Å². The molecule has 0 aromatic carbocycles. The fourth-order valence-electron chi connectivity index (χ4n) is 0.811. The highest BCUT2D eigenvalue weighted by molar-refractivity contribution is 4.44. The molecule has 2 N–H and O–H groups in total. The summed E-state index contributed by atoms with van der Waals surface area (Å²) < 4.78 is 4.84. The van der Waals surface area contributed by atoms with Gasteiger partial charge in [0.05, 0.1) is 0 Å². The van der Waals surface area contributed by atoms with Crippen LogP contribution in [0.2, 0.25) is 0 Å². The van der Waals surface area contributed by atoms with Crippen LogP contribution < -0.4 is 0 Å². The Hall–Kier alpha value is -0.380. The Morgan fingerprint density at radius 2 is 1.31 bits per heavy atom. The summed E-state index contributed by atoms with van der Waals surface area (Å²) in [6.07, 6.45) is 1.28. The zero-order valence-corrected chi connectivity index (χ0v) is 8.70. The fraction of sp³-hybridized carbons (Fsp3) is 0.800. The van der Waals surface area contributed by atoms with Crippen LogP contribution in [-0.2, 0) is 4.74 Å². The zero-order valence-electron chi connectivity index (χ0n) is 8.70. The van der Waals surface area contributed by atoms with Crippen molar-refractivity contribution in [1.82, 2.24) is 0 Å². The summed E-state index contributed by atoms with van der Waals surface area (Å²) >= 11 is 0. The van der Waals surface area contributed by atoms with Crippen LogP contribution in [0.5, 0.6) is 0 Å². The number of aliphatic hydroxyl groups excluding tert-OH is 2. The highest BCUT2D eigenvalue weighted by Crippen LogP contribution is 2.04. The third-order valence-electron chi connectivity index (χ3n) is 1.39. The summed E-state index contributed by atoms with van der Waals surface area (Å²) in [7, 11) is 0. The van der Waals surface area contributed by atoms with E-state index in [4.69, 9.17) is 14.9 Å². The first-order chi connectivity index (χ1) is 6.20. The molecule has 0 aliphatic rings. The first-order valence-corrected chi connectivity index (χ1v) is 4.72. The number of ether oxygens (including phenoxy) is 1. The lowest BCUT2D eigenvalue weighted by Gasteiger charge is -2.15. The van der Waals surface area contributed by atoms with Gasteiger partial charge < -0.3 is 14.9 Å². The highest BCUT2D eigenvalue weighted by atomic mass is 16.7. The van der Waals surface area contributed by atoms with E-state index in [1.54, 1.807) is 0 Å². The predicted molar refractivity (Wildman–Crippen MR) is 54.2 cm³/mol. The summed E-state index contributed by atoms with van der Waals surface area (Å²) in [6, 6.07) is 0. The molecule has 0 saturated heterocycles. The molecule has 0 aliphatic heterocycles. The molecule has 0 heterocycles. The summed E-state index contributed by atoms with van der Waals surface area (Å²) in [4.78, 5) is 0. The molecular weight excluding hydrogens is 168 g/mol. The molecule has 3 heteroatoms. The second-order valence-electron chi connectivity index (χ2n) is 2.62. The van der Waals surface area contributed by atoms with Gasteiger partial charge in [0.2, 0.25) is 0 Å². The van der Waals surface area contributed by atoms with Crippen molar-refractivity contribution in [2.75, 3.05) is 0 Å². The normalized spacial score (nSPS) is 14.2. The smallest absolute Gasteiger partial charge is 0.157 e. The van der Waals surface area contributed by atoms with Gasteiger partial charge in [-0.15, -0.1) is 13.2 Å². The fourth-order valence-corrected chi connectivity index (χ4v) is 0.811. The van der Waals surface area contributed by atoms with Crippen LogP contribution >= 0.6 is 0 Å². The maximum Gasteiger partial charge on any atom is 0.157 e. The molecule has 0 bridgehead atoms. The molecule has 0 saturated carbocycles. The quantitative estimate of drug-likeness (QED) is 0.498. The number of rotatable bonds is 6. The largest absolute Gasteiger partial charge is 0.368 e. The Labute approximate surface area is 81.0 Å². The van der Waals surface area contributed by atoms with E-state index in [1.165, 1.54) is 0 Å². The SMILES string of the molecule is C=C.CCCC(O)OC(O)CCC. The minimum Gasteiger partial charge on any atom is -0.368 e. The van der Waals surface area contributed by atoms with Gasteiger partial charge in [0.15, 0.2) is 12.6 Å². The molecular formula is C10H22O3. The van der Waals surface area contributed by atoms with E-state index in [-0.39, 0.29) is 0 Å². The first-order valence-electron chi connectivity index (χ1n) is 4.72. The topological polar surface area (TPSA) is 49.7 Å². The molecule has 0 aliphatic carbocycles. The van der Waals surface area contributed by atoms with Crippen molar-refractivity contribution >= 4 is 0 Å². The third-order valence-corrected chi connectivity index (χ3v) is 1.39. The summed E-state index contributed by atoms with van der Waals surface area (Å²) in [5.74, 6) is 0. The lowest BCUT2D eigenvalue weighted by Crippen LogP contribution is -2.21. The molecule has 0 amide bonds. The Balaban J connectivity index is 0. The molecule has 0 spiro atoms. The van der Waals surface area contributed by atoms with Crippen molar-refractivity contribution in [2.45, 2.75) is 52.1 Å². The van der Waals surface area contributed by atoms with Crippen LogP contribution in [0.4, 0.5) is 0 Å². The van der Waals surface area contributed by atoms with Gasteiger partial charge in [0.1, 0.15) is 0 Å². The lowest BCUT2D eigenvalue weighted by molar-refractivity contribution is -0.211. The molecule has 0 fully saturated rings. The van der Waals surface area contributed by atoms with E-state index < -0.39 is 12.6 Å². The van der Waals surface area contributed by atoms with E-state index in [0.717, 1.165) is 12.8 Å². The Bertz CT molecular complexity index is 86.2. The minimum absolute atomic E-state index is 0.584. The van der Waals surface area contributed by atoms with Gasteiger partial charge in [-0.1, -0.05) is 26.7 Å². The average Bonchev–Trinajstić information content (AvgIpc) is 2.08. The van der Waals surface area contributed by atoms with Crippen molar-refractivity contribution in [2.24, 2.45) is 0 Å². The molecule has 0 aromatic rings. The van der Waals surface area contributed by atoms with Crippen molar-refractivity contribution in [1.29, 1.82) is 0 Å². The zero-order chi connectivity index (χ0) is 10.7. The molecule has 0 aromatic heterocycles. The van der Waals surface area contributed by atoms with Gasteiger partial charge in [0, 0.05) is 0 Å². The van der Waals surface area contributed by atoms with E-state index in [9.17, 15) is 0 Å². The molecule has 3 nitrogen and oxygen atoms in total. The lowest BCUT2D eigenvalue weighted by atomic mass is 10.3. The van der Waals surface area contributed by atoms with Crippen LogP contribution in [-0.4, -0.2) is 22.8 Å². The summed E-state index contributed by atoms with van der Waals surface area (Å²) in [6.45, 7) is 9.91. The van der Waals surface area contributed by atoms with Crippen molar-refractivity contribution in [3.05, 3.63) is 13.2 Å². The highest BCUT2D eigenvalue weighted by Gasteiger charge is 2.08. The van der Waals surface area contributed by atoms with Gasteiger partial charge in [-0.3, -0.25) is 0 Å². The van der Waals surface area contributed by atoms with E-state index in [0.29, 0.717) is 12.8 Å². The average molecular weight is 190 g/mol. The number of aliphatic hydroxyl groups is 2. The van der Waals surface area contributed by atoms with E-state index >= 15 is 0 Å². The second kappa shape index (κ2) is 11.6. The van der Waals surface area contributed by atoms with Crippen LogP contribution in [0.15, 0.2) is 13.2 Å². The maximum absolute atomic E-state index is 9.06. The van der Waals surface area contributed by atoms with E-state index in [1.807, 2.05) is 13.8 Å². The Kier molecular flexibility index (Phi) is 13.5. The van der Waals surface area contributed by atoms with E-state index in [2.05, 4.69) is 13.2 Å². The monoisotopic (exact) mass is 190 g/mol. The number of hydrogen-bond acceptors (Lipinski definition) is 3. The number of hydrogen-bond donors (Lipinski definition) is 2. The second-order valence-corrected chi connectivity index (χ2v) is 2.62. The van der Waals surface area contributed by atoms with Crippen molar-refractivity contribution in [3.63, 3.8) is 0 Å². The van der Waals surface area contributed by atoms with Crippen molar-refractivity contribution in [3.8, 4) is 0 Å². The van der Waals surface area contributed by atoms with Gasteiger partial charge >= 0.3 is 0 Å². The first kappa shape index (κ1) is 15.1. The molecule has 0 rings (SSSR count). The molecule has 13 heavy (non-hydrogen) atoms. The van der Waals surface area contributed by atoms with Crippen LogP contribution in [0.3, 0.4) is 0 Å². The molecule has 2 atom stereocenters. The van der Waals surface area contributed by atoms with Gasteiger partial charge in [-0.2, -0.15) is 0 Å². The van der Waals surface area contributed by atoms with Crippen LogP contribution in [0, 0.1) is 0 Å². The molecule has 0 radical (unpaired) electrons. The predicted octanol–water partition coefficient (Wildman–Crippen LogP) is 2.04. The summed E-state index contributed by atoms with van der Waals surface area (Å²) in [5.41, 5.74) is 0. The maximum atomic E-state index is 9.06. The van der Waals surface area contributed by atoms with Crippen LogP contribution in [0.25, 0.3) is 0 Å². The Morgan fingerprint density at radius 3 is 1.54 bits per heavy atom. The Morgan fingerprint density at radius 1 is 1.00 bits per heavy atom. The third kappa shape index (κ3) is 11.6. The van der Waals surface area contributed by atoms with Gasteiger partial charge in [0.25, 0.3) is 0 Å².